The van der Waals surface area contributed by atoms with Crippen molar-refractivity contribution in [2.45, 2.75) is 19.4 Å². The second-order valence-electron chi connectivity index (χ2n) is 5.44. The van der Waals surface area contributed by atoms with E-state index in [-0.39, 0.29) is 18.2 Å². The van der Waals surface area contributed by atoms with E-state index in [0.29, 0.717) is 11.3 Å². The molecule has 116 valence electrons. The standard InChI is InChI=1S/C14H16N4O4/c1-14(2,9-19)16-13(20)10-7-15-17(8-10)11-3-5-12(6-4-11)18(21)22/h3-8,19H,9H2,1-2H3,(H,16,20). The number of hydrogen-bond acceptors (Lipinski definition) is 5. The molecule has 0 aliphatic heterocycles. The Morgan fingerprint density at radius 3 is 2.59 bits per heavy atom. The van der Waals surface area contributed by atoms with Crippen LogP contribution in [0.3, 0.4) is 0 Å². The Balaban J connectivity index is 2.17. The summed E-state index contributed by atoms with van der Waals surface area (Å²) in [6.07, 6.45) is 2.91. The number of amides is 1. The van der Waals surface area contributed by atoms with Crippen molar-refractivity contribution in [3.63, 3.8) is 0 Å². The number of aromatic nitrogens is 2. The van der Waals surface area contributed by atoms with Crippen molar-refractivity contribution in [3.8, 4) is 5.69 Å². The van der Waals surface area contributed by atoms with E-state index < -0.39 is 10.5 Å². The number of carbonyl (C=O) groups excluding carboxylic acids is 1. The van der Waals surface area contributed by atoms with Crippen LogP contribution >= 0.6 is 0 Å². The maximum absolute atomic E-state index is 12.0. The van der Waals surface area contributed by atoms with Crippen molar-refractivity contribution < 1.29 is 14.8 Å². The molecule has 2 N–H and O–H groups in total. The number of rotatable bonds is 5. The molecule has 0 spiro atoms. The Morgan fingerprint density at radius 2 is 2.05 bits per heavy atom. The summed E-state index contributed by atoms with van der Waals surface area (Å²) < 4.78 is 1.45. The number of nitrogens with one attached hydrogen (secondary N) is 1. The van der Waals surface area contributed by atoms with E-state index in [9.17, 15) is 14.9 Å². The first kappa shape index (κ1) is 15.6. The zero-order valence-electron chi connectivity index (χ0n) is 12.2. The van der Waals surface area contributed by atoms with E-state index >= 15 is 0 Å². The lowest BCUT2D eigenvalue weighted by molar-refractivity contribution is -0.384. The number of non-ortho nitro benzene ring substituents is 1. The number of aliphatic hydroxyl groups is 1. The molecule has 22 heavy (non-hydrogen) atoms. The molecule has 0 unspecified atom stereocenters. The molecule has 1 amide bonds. The summed E-state index contributed by atoms with van der Waals surface area (Å²) in [6.45, 7) is 3.21. The number of aliphatic hydroxyl groups excluding tert-OH is 1. The molecule has 1 aromatic carbocycles. The fraction of sp³-hybridized carbons (Fsp3) is 0.286. The van der Waals surface area contributed by atoms with Crippen LogP contribution in [0.25, 0.3) is 5.69 Å². The number of benzene rings is 1. The third-order valence-corrected chi connectivity index (χ3v) is 3.02. The molecular weight excluding hydrogens is 288 g/mol. The molecule has 1 heterocycles. The molecule has 8 nitrogen and oxygen atoms in total. The van der Waals surface area contributed by atoms with Crippen LogP contribution in [0.5, 0.6) is 0 Å². The van der Waals surface area contributed by atoms with Gasteiger partial charge in [0.1, 0.15) is 0 Å². The van der Waals surface area contributed by atoms with Gasteiger partial charge < -0.3 is 10.4 Å². The average molecular weight is 304 g/mol. The fourth-order valence-corrected chi connectivity index (χ4v) is 1.73. The number of carbonyl (C=O) groups is 1. The van der Waals surface area contributed by atoms with Crippen molar-refractivity contribution in [1.82, 2.24) is 15.1 Å². The van der Waals surface area contributed by atoms with Gasteiger partial charge in [-0.15, -0.1) is 0 Å². The van der Waals surface area contributed by atoms with Gasteiger partial charge in [-0.05, 0) is 26.0 Å². The molecule has 2 aromatic rings. The van der Waals surface area contributed by atoms with Gasteiger partial charge in [0, 0.05) is 18.3 Å². The zero-order chi connectivity index (χ0) is 16.3. The quantitative estimate of drug-likeness (QED) is 0.638. The Hall–Kier alpha value is -2.74. The third-order valence-electron chi connectivity index (χ3n) is 3.02. The molecule has 0 atom stereocenters. The van der Waals surface area contributed by atoms with Gasteiger partial charge >= 0.3 is 0 Å². The molecule has 2 rings (SSSR count). The van der Waals surface area contributed by atoms with Gasteiger partial charge in [0.25, 0.3) is 11.6 Å². The highest BCUT2D eigenvalue weighted by molar-refractivity contribution is 5.94. The molecule has 0 saturated carbocycles. The fourth-order valence-electron chi connectivity index (χ4n) is 1.73. The molecule has 0 aliphatic carbocycles. The first-order chi connectivity index (χ1) is 10.3. The molecule has 8 heteroatoms. The first-order valence-corrected chi connectivity index (χ1v) is 6.55. The van der Waals surface area contributed by atoms with E-state index in [4.69, 9.17) is 5.11 Å². The van der Waals surface area contributed by atoms with Gasteiger partial charge in [0.05, 0.1) is 34.5 Å². The first-order valence-electron chi connectivity index (χ1n) is 6.55. The van der Waals surface area contributed by atoms with Gasteiger partial charge in [0.15, 0.2) is 0 Å². The smallest absolute Gasteiger partial charge is 0.269 e. The minimum Gasteiger partial charge on any atom is -0.394 e. The van der Waals surface area contributed by atoms with Gasteiger partial charge in [-0.25, -0.2) is 4.68 Å². The van der Waals surface area contributed by atoms with E-state index in [0.717, 1.165) is 0 Å². The van der Waals surface area contributed by atoms with Gasteiger partial charge in [-0.1, -0.05) is 0 Å². The Morgan fingerprint density at radius 1 is 1.41 bits per heavy atom. The highest BCUT2D eigenvalue weighted by Gasteiger charge is 2.21. The van der Waals surface area contributed by atoms with Crippen LogP contribution in [-0.4, -0.2) is 37.9 Å². The number of nitrogens with zero attached hydrogens (tertiary/aromatic N) is 3. The Labute approximate surface area is 126 Å². The van der Waals surface area contributed by atoms with Gasteiger partial charge in [-0.2, -0.15) is 5.10 Å². The lowest BCUT2D eigenvalue weighted by atomic mass is 10.1. The van der Waals surface area contributed by atoms with Crippen LogP contribution in [0.15, 0.2) is 36.7 Å². The van der Waals surface area contributed by atoms with E-state index in [2.05, 4.69) is 10.4 Å². The SMILES string of the molecule is CC(C)(CO)NC(=O)c1cnn(-c2ccc([N+](=O)[O-])cc2)c1. The van der Waals surface area contributed by atoms with Gasteiger partial charge in [-0.3, -0.25) is 14.9 Å². The zero-order valence-corrected chi connectivity index (χ0v) is 12.2. The van der Waals surface area contributed by atoms with E-state index in [1.165, 1.54) is 29.2 Å². The van der Waals surface area contributed by atoms with E-state index in [1.807, 2.05) is 0 Å². The van der Waals surface area contributed by atoms with Crippen LogP contribution < -0.4 is 5.32 Å². The summed E-state index contributed by atoms with van der Waals surface area (Å²) in [5.74, 6) is -0.354. The third kappa shape index (κ3) is 3.47. The van der Waals surface area contributed by atoms with E-state index in [1.54, 1.807) is 26.0 Å². The predicted octanol–water partition coefficient (Wildman–Crippen LogP) is 1.28. The summed E-state index contributed by atoms with van der Waals surface area (Å²) in [5, 5.41) is 26.5. The van der Waals surface area contributed by atoms with Crippen LogP contribution in [0.1, 0.15) is 24.2 Å². The Bertz CT molecular complexity index is 691. The highest BCUT2D eigenvalue weighted by Crippen LogP contribution is 2.15. The predicted molar refractivity (Wildman–Crippen MR) is 78.8 cm³/mol. The average Bonchev–Trinajstić information content (AvgIpc) is 2.97. The minimum atomic E-state index is -0.730. The van der Waals surface area contributed by atoms with Crippen LogP contribution in [0, 0.1) is 10.1 Å². The van der Waals surface area contributed by atoms with Crippen LogP contribution in [-0.2, 0) is 0 Å². The topological polar surface area (TPSA) is 110 Å². The molecule has 0 radical (unpaired) electrons. The monoisotopic (exact) mass is 304 g/mol. The maximum Gasteiger partial charge on any atom is 0.269 e. The summed E-state index contributed by atoms with van der Waals surface area (Å²) in [7, 11) is 0. The molecule has 0 aliphatic rings. The lowest BCUT2D eigenvalue weighted by Gasteiger charge is -2.22. The summed E-state index contributed by atoms with van der Waals surface area (Å²) in [5.41, 5.74) is 0.191. The highest BCUT2D eigenvalue weighted by atomic mass is 16.6. The number of hydrogen-bond donors (Lipinski definition) is 2. The van der Waals surface area contributed by atoms with Crippen molar-refractivity contribution in [1.29, 1.82) is 0 Å². The molecule has 1 aromatic heterocycles. The largest absolute Gasteiger partial charge is 0.394 e. The summed E-state index contributed by atoms with van der Waals surface area (Å²) in [6, 6.07) is 5.83. The van der Waals surface area contributed by atoms with Gasteiger partial charge in [0.2, 0.25) is 0 Å². The normalized spacial score (nSPS) is 11.2. The summed E-state index contributed by atoms with van der Waals surface area (Å²) in [4.78, 5) is 22.2. The van der Waals surface area contributed by atoms with Crippen molar-refractivity contribution in [2.75, 3.05) is 6.61 Å². The molecule has 0 saturated heterocycles. The maximum atomic E-state index is 12.0. The van der Waals surface area contributed by atoms with Crippen molar-refractivity contribution in [2.24, 2.45) is 0 Å². The van der Waals surface area contributed by atoms with Crippen molar-refractivity contribution >= 4 is 11.6 Å². The molecule has 0 fully saturated rings. The second-order valence-corrected chi connectivity index (χ2v) is 5.44. The Kier molecular flexibility index (Phi) is 4.22. The molecular formula is C14H16N4O4. The summed E-state index contributed by atoms with van der Waals surface area (Å²) >= 11 is 0. The second kappa shape index (κ2) is 5.94. The number of nitro groups is 1. The minimum absolute atomic E-state index is 0.0152. The van der Waals surface area contributed by atoms with Crippen LogP contribution in [0.2, 0.25) is 0 Å². The number of nitro benzene ring substituents is 1. The molecule has 0 bridgehead atoms. The van der Waals surface area contributed by atoms with Crippen LogP contribution in [0.4, 0.5) is 5.69 Å². The lowest BCUT2D eigenvalue weighted by Crippen LogP contribution is -2.46. The van der Waals surface area contributed by atoms with Crippen molar-refractivity contribution in [3.05, 3.63) is 52.3 Å².